The highest BCUT2D eigenvalue weighted by Crippen LogP contribution is 2.58. The molecule has 208 valence electrons. The molecule has 1 spiro atoms. The van der Waals surface area contributed by atoms with Gasteiger partial charge in [-0.05, 0) is 47.5 Å². The van der Waals surface area contributed by atoms with Gasteiger partial charge in [0.2, 0.25) is 5.91 Å². The summed E-state index contributed by atoms with van der Waals surface area (Å²) in [6.07, 6.45) is 3.95. The molecule has 4 aromatic rings. The zero-order valence-electron chi connectivity index (χ0n) is 23.1. The van der Waals surface area contributed by atoms with Gasteiger partial charge < -0.3 is 19.7 Å². The highest BCUT2D eigenvalue weighted by atomic mass is 16.5. The van der Waals surface area contributed by atoms with Crippen LogP contribution in [-0.4, -0.2) is 43.8 Å². The van der Waals surface area contributed by atoms with Gasteiger partial charge in [0, 0.05) is 22.5 Å². The van der Waals surface area contributed by atoms with E-state index in [4.69, 9.17) is 9.47 Å². The lowest BCUT2D eigenvalue weighted by atomic mass is 9.64. The smallest absolute Gasteiger partial charge is 0.238 e. The minimum absolute atomic E-state index is 0.265. The SMILES string of the molecule is COc1cccc(C(=O)[C@@H]2[C@H](C(=O)c3cccc(OC)c3)[C@@]3(C(=O)Nc4ccccc43)[C@H]3C=Cc4ccccc4N23)c1. The first-order chi connectivity index (χ1) is 20.5. The van der Waals surface area contributed by atoms with Gasteiger partial charge in [-0.25, -0.2) is 0 Å². The van der Waals surface area contributed by atoms with Crippen LogP contribution in [0.2, 0.25) is 0 Å². The Balaban J connectivity index is 1.53. The number of para-hydroxylation sites is 2. The monoisotopic (exact) mass is 556 g/mol. The van der Waals surface area contributed by atoms with Gasteiger partial charge in [-0.2, -0.15) is 0 Å². The van der Waals surface area contributed by atoms with Gasteiger partial charge >= 0.3 is 0 Å². The van der Waals surface area contributed by atoms with Gasteiger partial charge in [0.1, 0.15) is 23.0 Å². The lowest BCUT2D eigenvalue weighted by molar-refractivity contribution is -0.121. The van der Waals surface area contributed by atoms with E-state index in [0.717, 1.165) is 11.3 Å². The first kappa shape index (κ1) is 25.8. The van der Waals surface area contributed by atoms with Gasteiger partial charge in [-0.1, -0.05) is 72.8 Å². The molecule has 3 heterocycles. The van der Waals surface area contributed by atoms with Crippen molar-refractivity contribution in [3.8, 4) is 11.5 Å². The number of methoxy groups -OCH3 is 2. The summed E-state index contributed by atoms with van der Waals surface area (Å²) in [4.78, 5) is 46.1. The number of carbonyl (C=O) groups excluding carboxylic acids is 3. The minimum atomic E-state index is -1.38. The fraction of sp³-hybridized carbons (Fsp3) is 0.171. The van der Waals surface area contributed by atoms with Crippen molar-refractivity contribution >= 4 is 34.9 Å². The number of amides is 1. The summed E-state index contributed by atoms with van der Waals surface area (Å²) in [6.45, 7) is 0. The Morgan fingerprint density at radius 3 is 2.14 bits per heavy atom. The number of benzene rings is 4. The first-order valence-electron chi connectivity index (χ1n) is 13.8. The number of nitrogens with zero attached hydrogens (tertiary/aromatic N) is 1. The Bertz CT molecular complexity index is 1800. The van der Waals surface area contributed by atoms with Gasteiger partial charge in [0.05, 0.1) is 26.2 Å². The maximum absolute atomic E-state index is 14.9. The number of anilines is 2. The van der Waals surface area contributed by atoms with Crippen molar-refractivity contribution in [1.29, 1.82) is 0 Å². The van der Waals surface area contributed by atoms with Crippen LogP contribution in [0.1, 0.15) is 31.8 Å². The van der Waals surface area contributed by atoms with Crippen molar-refractivity contribution in [2.75, 3.05) is 24.4 Å². The number of ether oxygens (including phenoxy) is 2. The second-order valence-electron chi connectivity index (χ2n) is 10.8. The number of ketones is 2. The molecule has 1 N–H and O–H groups in total. The van der Waals surface area contributed by atoms with Crippen molar-refractivity contribution in [3.05, 3.63) is 125 Å². The van der Waals surface area contributed by atoms with E-state index in [9.17, 15) is 14.4 Å². The van der Waals surface area contributed by atoms with Gasteiger partial charge in [0.15, 0.2) is 11.6 Å². The molecule has 7 rings (SSSR count). The van der Waals surface area contributed by atoms with Crippen molar-refractivity contribution in [1.82, 2.24) is 0 Å². The van der Waals surface area contributed by atoms with Gasteiger partial charge in [0.25, 0.3) is 0 Å². The molecule has 3 aliphatic rings. The van der Waals surface area contributed by atoms with E-state index in [1.54, 1.807) is 62.8 Å². The van der Waals surface area contributed by atoms with E-state index in [-0.39, 0.29) is 17.5 Å². The Hall–Kier alpha value is -5.17. The van der Waals surface area contributed by atoms with E-state index >= 15 is 0 Å². The van der Waals surface area contributed by atoms with Crippen molar-refractivity contribution < 1.29 is 23.9 Å². The average molecular weight is 557 g/mol. The molecule has 7 heteroatoms. The van der Waals surface area contributed by atoms with Crippen LogP contribution in [0.4, 0.5) is 11.4 Å². The van der Waals surface area contributed by atoms with E-state index in [0.29, 0.717) is 33.9 Å². The van der Waals surface area contributed by atoms with Crippen molar-refractivity contribution in [2.24, 2.45) is 5.92 Å². The molecule has 0 bridgehead atoms. The summed E-state index contributed by atoms with van der Waals surface area (Å²) < 4.78 is 10.9. The lowest BCUT2D eigenvalue weighted by Gasteiger charge is -2.37. The predicted molar refractivity (Wildman–Crippen MR) is 160 cm³/mol. The van der Waals surface area contributed by atoms with Crippen LogP contribution < -0.4 is 19.7 Å². The van der Waals surface area contributed by atoms with Crippen LogP contribution in [0.15, 0.2) is 103 Å². The molecule has 1 saturated heterocycles. The molecule has 0 aromatic heterocycles. The number of fused-ring (bicyclic) bond motifs is 6. The molecule has 0 saturated carbocycles. The molecule has 42 heavy (non-hydrogen) atoms. The summed E-state index contributed by atoms with van der Waals surface area (Å²) in [5, 5.41) is 3.06. The number of nitrogens with one attached hydrogen (secondary N) is 1. The summed E-state index contributed by atoms with van der Waals surface area (Å²) in [5.41, 5.74) is 2.45. The summed E-state index contributed by atoms with van der Waals surface area (Å²) in [7, 11) is 3.09. The molecule has 4 atom stereocenters. The zero-order chi connectivity index (χ0) is 29.0. The highest BCUT2D eigenvalue weighted by molar-refractivity contribution is 6.18. The van der Waals surface area contributed by atoms with Crippen LogP contribution in [0.3, 0.4) is 0 Å². The number of carbonyl (C=O) groups is 3. The number of hydrogen-bond donors (Lipinski definition) is 1. The highest BCUT2D eigenvalue weighted by Gasteiger charge is 2.70. The second-order valence-corrected chi connectivity index (χ2v) is 10.8. The van der Waals surface area contributed by atoms with Crippen LogP contribution >= 0.6 is 0 Å². The van der Waals surface area contributed by atoms with Crippen LogP contribution in [-0.2, 0) is 10.2 Å². The Labute approximate surface area is 243 Å². The maximum atomic E-state index is 14.9. The Morgan fingerprint density at radius 2 is 1.43 bits per heavy atom. The summed E-state index contributed by atoms with van der Waals surface area (Å²) in [6, 6.07) is 27.5. The number of rotatable bonds is 6. The third kappa shape index (κ3) is 3.56. The van der Waals surface area contributed by atoms with Crippen molar-refractivity contribution in [2.45, 2.75) is 17.5 Å². The van der Waals surface area contributed by atoms with Crippen molar-refractivity contribution in [3.63, 3.8) is 0 Å². The van der Waals surface area contributed by atoms with E-state index in [1.165, 1.54) is 0 Å². The van der Waals surface area contributed by atoms with Crippen LogP contribution in [0, 0.1) is 5.92 Å². The van der Waals surface area contributed by atoms with E-state index < -0.39 is 23.4 Å². The maximum Gasteiger partial charge on any atom is 0.238 e. The average Bonchev–Trinajstić information content (AvgIpc) is 3.52. The van der Waals surface area contributed by atoms with Gasteiger partial charge in [-0.15, -0.1) is 0 Å². The fourth-order valence-corrected chi connectivity index (χ4v) is 7.02. The van der Waals surface area contributed by atoms with Crippen LogP contribution in [0.5, 0.6) is 11.5 Å². The largest absolute Gasteiger partial charge is 0.497 e. The quantitative estimate of drug-likeness (QED) is 0.313. The first-order valence-corrected chi connectivity index (χ1v) is 13.8. The lowest BCUT2D eigenvalue weighted by Crippen LogP contribution is -2.51. The second kappa shape index (κ2) is 9.73. The number of Topliss-reactive ketones (excluding diaryl/α,β-unsaturated/α-hetero) is 2. The molecule has 4 aromatic carbocycles. The molecule has 1 amide bonds. The van der Waals surface area contributed by atoms with E-state index in [1.807, 2.05) is 65.6 Å². The normalized spacial score (nSPS) is 23.1. The molecule has 1 fully saturated rings. The molecular formula is C35H28N2O5. The minimum Gasteiger partial charge on any atom is -0.497 e. The van der Waals surface area contributed by atoms with Gasteiger partial charge in [-0.3, -0.25) is 14.4 Å². The molecule has 7 nitrogen and oxygen atoms in total. The molecular weight excluding hydrogens is 528 g/mol. The third-order valence-electron chi connectivity index (χ3n) is 8.80. The Kier molecular flexibility index (Phi) is 5.97. The van der Waals surface area contributed by atoms with E-state index in [2.05, 4.69) is 5.32 Å². The molecule has 3 aliphatic heterocycles. The predicted octanol–water partition coefficient (Wildman–Crippen LogP) is 5.56. The number of hydrogen-bond acceptors (Lipinski definition) is 6. The zero-order valence-corrected chi connectivity index (χ0v) is 23.1. The third-order valence-corrected chi connectivity index (χ3v) is 8.80. The molecule has 0 aliphatic carbocycles. The molecule has 0 radical (unpaired) electrons. The topological polar surface area (TPSA) is 84.9 Å². The summed E-state index contributed by atoms with van der Waals surface area (Å²) in [5.74, 6) is -0.884. The van der Waals surface area contributed by atoms with Crippen LogP contribution in [0.25, 0.3) is 6.08 Å². The summed E-state index contributed by atoms with van der Waals surface area (Å²) >= 11 is 0. The fourth-order valence-electron chi connectivity index (χ4n) is 7.02. The standard InChI is InChI=1S/C35H28N2O5/c1-41-24-12-7-10-22(19-24)32(38)30-31(33(39)23-11-8-13-25(20-23)42-2)37-28-16-6-3-9-21(28)17-18-29(37)35(30)26-14-4-5-15-27(26)36-34(35)40/h3-20,29-31H,1-2H3,(H,36,40)/t29-,30-,31+,35+/m1/s1. The molecule has 0 unspecified atom stereocenters. The Morgan fingerprint density at radius 1 is 0.786 bits per heavy atom.